The Kier molecular flexibility index (Phi) is 4.16. The molecule has 1 unspecified atom stereocenters. The highest BCUT2D eigenvalue weighted by Gasteiger charge is 2.22. The minimum absolute atomic E-state index is 0.0610. The predicted octanol–water partition coefficient (Wildman–Crippen LogP) is 1.53. The van der Waals surface area contributed by atoms with Gasteiger partial charge in [-0.25, -0.2) is 9.78 Å². The van der Waals surface area contributed by atoms with Gasteiger partial charge in [-0.2, -0.15) is 0 Å². The first-order valence-corrected chi connectivity index (χ1v) is 5.42. The lowest BCUT2D eigenvalue weighted by molar-refractivity contribution is 0.0595. The molecule has 0 bridgehead atoms. The Bertz CT molecular complexity index is 457. The summed E-state index contributed by atoms with van der Waals surface area (Å²) in [5.41, 5.74) is 6.07. The Labute approximate surface area is 101 Å². The van der Waals surface area contributed by atoms with Crippen molar-refractivity contribution in [1.29, 1.82) is 0 Å². The Morgan fingerprint density at radius 1 is 1.71 bits per heavy atom. The van der Waals surface area contributed by atoms with Gasteiger partial charge in [-0.05, 0) is 13.3 Å². The monoisotopic (exact) mass is 235 g/mol. The summed E-state index contributed by atoms with van der Waals surface area (Å²) in [4.78, 5) is 15.6. The number of anilines is 1. The fourth-order valence-corrected chi connectivity index (χ4v) is 1.82. The van der Waals surface area contributed by atoms with Gasteiger partial charge in [0.25, 0.3) is 0 Å². The van der Waals surface area contributed by atoms with Crippen molar-refractivity contribution in [3.8, 4) is 12.3 Å². The fourth-order valence-electron chi connectivity index (χ4n) is 1.82. The van der Waals surface area contributed by atoms with Crippen LogP contribution < -0.4 is 5.73 Å². The zero-order chi connectivity index (χ0) is 13.0. The number of aromatic nitrogens is 2. The molecule has 0 aromatic carbocycles. The summed E-state index contributed by atoms with van der Waals surface area (Å²) < 4.78 is 6.42. The summed E-state index contributed by atoms with van der Waals surface area (Å²) in [6.07, 6.45) is 6.70. The van der Waals surface area contributed by atoms with Crippen LogP contribution in [0.4, 0.5) is 5.82 Å². The fraction of sp³-hybridized carbons (Fsp3) is 0.500. The van der Waals surface area contributed by atoms with Crippen LogP contribution in [-0.4, -0.2) is 22.6 Å². The molecule has 0 saturated heterocycles. The number of esters is 1. The van der Waals surface area contributed by atoms with E-state index >= 15 is 0 Å². The molecule has 0 amide bonds. The number of aryl methyl sites for hydroxylation is 1. The molecule has 1 heterocycles. The van der Waals surface area contributed by atoms with Crippen molar-refractivity contribution in [3.63, 3.8) is 0 Å². The van der Waals surface area contributed by atoms with Gasteiger partial charge in [0.05, 0.1) is 7.11 Å². The Balaban J connectivity index is 3.21. The van der Waals surface area contributed by atoms with Crippen molar-refractivity contribution in [2.24, 2.45) is 0 Å². The minimum atomic E-state index is -0.528. The van der Waals surface area contributed by atoms with E-state index in [4.69, 9.17) is 12.2 Å². The number of rotatable bonds is 4. The van der Waals surface area contributed by atoms with Crippen molar-refractivity contribution in [1.82, 2.24) is 9.55 Å². The van der Waals surface area contributed by atoms with Gasteiger partial charge in [-0.15, -0.1) is 12.3 Å². The maximum absolute atomic E-state index is 11.5. The number of carbonyl (C=O) groups is 1. The van der Waals surface area contributed by atoms with E-state index in [0.717, 1.165) is 6.42 Å². The Hall–Kier alpha value is -1.96. The number of methoxy groups -OCH3 is 1. The molecule has 1 aromatic heterocycles. The first kappa shape index (κ1) is 13.1. The average molecular weight is 235 g/mol. The van der Waals surface area contributed by atoms with Crippen molar-refractivity contribution < 1.29 is 9.53 Å². The molecule has 1 atom stereocenters. The zero-order valence-electron chi connectivity index (χ0n) is 10.4. The number of hydrogen-bond donors (Lipinski definition) is 1. The number of nitrogen functional groups attached to an aromatic ring is 1. The van der Waals surface area contributed by atoms with Gasteiger partial charge < -0.3 is 15.0 Å². The number of imidazole rings is 1. The number of nitrogens with zero attached hydrogens (tertiary/aromatic N) is 2. The number of carbonyl (C=O) groups excluding carboxylic acids is 1. The summed E-state index contributed by atoms with van der Waals surface area (Å²) >= 11 is 0. The van der Waals surface area contributed by atoms with Crippen molar-refractivity contribution in [3.05, 3.63) is 11.5 Å². The highest BCUT2D eigenvalue weighted by Crippen LogP contribution is 2.25. The zero-order valence-corrected chi connectivity index (χ0v) is 10.4. The maximum atomic E-state index is 11.5. The van der Waals surface area contributed by atoms with Crippen LogP contribution in [0.25, 0.3) is 0 Å². The van der Waals surface area contributed by atoms with Crippen LogP contribution in [0.3, 0.4) is 0 Å². The van der Waals surface area contributed by atoms with E-state index in [1.54, 1.807) is 11.5 Å². The second-order valence-electron chi connectivity index (χ2n) is 3.72. The highest BCUT2D eigenvalue weighted by molar-refractivity contribution is 5.92. The number of nitrogens with two attached hydrogens (primary N) is 1. The van der Waals surface area contributed by atoms with Crippen molar-refractivity contribution in [2.75, 3.05) is 12.8 Å². The van der Waals surface area contributed by atoms with E-state index < -0.39 is 5.97 Å². The topological polar surface area (TPSA) is 70.1 Å². The Morgan fingerprint density at radius 3 is 2.82 bits per heavy atom. The van der Waals surface area contributed by atoms with Crippen LogP contribution in [0.5, 0.6) is 0 Å². The van der Waals surface area contributed by atoms with Crippen LogP contribution in [0.2, 0.25) is 0 Å². The van der Waals surface area contributed by atoms with Gasteiger partial charge in [0, 0.05) is 12.5 Å². The van der Waals surface area contributed by atoms with Gasteiger partial charge in [0.15, 0.2) is 5.69 Å². The molecule has 92 valence electrons. The smallest absolute Gasteiger partial charge is 0.360 e. The van der Waals surface area contributed by atoms with Gasteiger partial charge in [0.1, 0.15) is 11.6 Å². The maximum Gasteiger partial charge on any atom is 0.360 e. The van der Waals surface area contributed by atoms with E-state index in [2.05, 4.69) is 15.6 Å². The standard InChI is InChI=1S/C12H17N3O2/c1-5-7-9(6-2)15-8(3)14-10(11(15)13)12(16)17-4/h1,9H,6-7,13H2,2-4H3. The first-order chi connectivity index (χ1) is 8.06. The van der Waals surface area contributed by atoms with Crippen molar-refractivity contribution >= 4 is 11.8 Å². The van der Waals surface area contributed by atoms with Crippen LogP contribution >= 0.6 is 0 Å². The largest absolute Gasteiger partial charge is 0.464 e. The summed E-state index contributed by atoms with van der Waals surface area (Å²) in [5.74, 6) is 3.06. The summed E-state index contributed by atoms with van der Waals surface area (Å²) in [5, 5.41) is 0. The van der Waals surface area contributed by atoms with Crippen LogP contribution in [0.15, 0.2) is 0 Å². The van der Waals surface area contributed by atoms with E-state index in [1.807, 2.05) is 6.92 Å². The molecule has 0 saturated carbocycles. The summed E-state index contributed by atoms with van der Waals surface area (Å²) in [6.45, 7) is 3.81. The van der Waals surface area contributed by atoms with Gasteiger partial charge in [-0.3, -0.25) is 0 Å². The quantitative estimate of drug-likeness (QED) is 0.634. The van der Waals surface area contributed by atoms with Crippen LogP contribution in [-0.2, 0) is 4.74 Å². The lowest BCUT2D eigenvalue weighted by Gasteiger charge is -2.17. The molecule has 1 aromatic rings. The third kappa shape index (κ3) is 2.41. The second-order valence-corrected chi connectivity index (χ2v) is 3.72. The van der Waals surface area contributed by atoms with E-state index in [0.29, 0.717) is 18.1 Å². The molecule has 1 rings (SSSR count). The van der Waals surface area contributed by atoms with Crippen molar-refractivity contribution in [2.45, 2.75) is 32.7 Å². The Morgan fingerprint density at radius 2 is 2.35 bits per heavy atom. The molecule has 2 N–H and O–H groups in total. The van der Waals surface area contributed by atoms with E-state index in [-0.39, 0.29) is 11.7 Å². The van der Waals surface area contributed by atoms with Gasteiger partial charge in [-0.1, -0.05) is 6.92 Å². The molecule has 5 nitrogen and oxygen atoms in total. The van der Waals surface area contributed by atoms with E-state index in [1.165, 1.54) is 7.11 Å². The molecular weight excluding hydrogens is 218 g/mol. The summed E-state index contributed by atoms with van der Waals surface area (Å²) in [7, 11) is 1.30. The number of hydrogen-bond acceptors (Lipinski definition) is 4. The third-order valence-corrected chi connectivity index (χ3v) is 2.69. The highest BCUT2D eigenvalue weighted by atomic mass is 16.5. The minimum Gasteiger partial charge on any atom is -0.464 e. The second kappa shape index (κ2) is 5.39. The summed E-state index contributed by atoms with van der Waals surface area (Å²) in [6, 6.07) is 0.0610. The SMILES string of the molecule is C#CCC(CC)n1c(C)nc(C(=O)OC)c1N. The van der Waals surface area contributed by atoms with Gasteiger partial charge >= 0.3 is 5.97 Å². The molecule has 0 spiro atoms. The average Bonchev–Trinajstić information content (AvgIpc) is 2.61. The lowest BCUT2D eigenvalue weighted by Crippen LogP contribution is -2.13. The van der Waals surface area contributed by atoms with Crippen LogP contribution in [0, 0.1) is 19.3 Å². The molecule has 0 fully saturated rings. The first-order valence-electron chi connectivity index (χ1n) is 5.42. The third-order valence-electron chi connectivity index (χ3n) is 2.69. The van der Waals surface area contributed by atoms with E-state index in [9.17, 15) is 4.79 Å². The molecule has 0 aliphatic carbocycles. The molecule has 5 heteroatoms. The van der Waals surface area contributed by atoms with Crippen LogP contribution in [0.1, 0.15) is 42.1 Å². The molecular formula is C12H17N3O2. The molecule has 0 aliphatic heterocycles. The number of ether oxygens (including phenoxy) is 1. The normalized spacial score (nSPS) is 11.9. The number of terminal acetylenes is 1. The predicted molar refractivity (Wildman–Crippen MR) is 65.5 cm³/mol. The lowest BCUT2D eigenvalue weighted by atomic mass is 10.1. The van der Waals surface area contributed by atoms with Gasteiger partial charge in [0.2, 0.25) is 0 Å². The molecule has 17 heavy (non-hydrogen) atoms. The molecule has 0 aliphatic rings. The molecule has 0 radical (unpaired) electrons.